The van der Waals surface area contributed by atoms with E-state index in [2.05, 4.69) is 15.9 Å². The van der Waals surface area contributed by atoms with Crippen molar-refractivity contribution in [3.05, 3.63) is 34.1 Å². The van der Waals surface area contributed by atoms with Crippen LogP contribution in [0.2, 0.25) is 0 Å². The summed E-state index contributed by atoms with van der Waals surface area (Å²) in [6.45, 7) is 2.45. The molecule has 1 amide bonds. The van der Waals surface area contributed by atoms with Crippen LogP contribution in [0.15, 0.2) is 22.7 Å². The lowest BCUT2D eigenvalue weighted by atomic mass is 9.99. The first-order valence-electron chi connectivity index (χ1n) is 6.95. The van der Waals surface area contributed by atoms with Crippen molar-refractivity contribution in [2.24, 2.45) is 5.92 Å². The van der Waals surface area contributed by atoms with Crippen molar-refractivity contribution in [2.45, 2.75) is 19.4 Å². The molecule has 0 saturated carbocycles. The van der Waals surface area contributed by atoms with Crippen molar-refractivity contribution in [1.82, 2.24) is 4.90 Å². The largest absolute Gasteiger partial charge is 0.479 e. The van der Waals surface area contributed by atoms with Gasteiger partial charge in [0, 0.05) is 12.5 Å². The van der Waals surface area contributed by atoms with Crippen LogP contribution in [0.4, 0.5) is 4.39 Å². The van der Waals surface area contributed by atoms with Gasteiger partial charge >= 0.3 is 5.97 Å². The molecular formula is C15H17BrFNO4. The summed E-state index contributed by atoms with van der Waals surface area (Å²) < 4.78 is 18.7. The lowest BCUT2D eigenvalue weighted by Crippen LogP contribution is -2.50. The summed E-state index contributed by atoms with van der Waals surface area (Å²) in [4.78, 5) is 24.9. The molecule has 0 aliphatic carbocycles. The zero-order valence-electron chi connectivity index (χ0n) is 12.1. The fourth-order valence-electron chi connectivity index (χ4n) is 2.42. The van der Waals surface area contributed by atoms with Crippen molar-refractivity contribution in [1.29, 1.82) is 0 Å². The van der Waals surface area contributed by atoms with E-state index in [1.54, 1.807) is 19.1 Å². The van der Waals surface area contributed by atoms with Crippen LogP contribution in [0.5, 0.6) is 0 Å². The maximum absolute atomic E-state index is 13.2. The first-order chi connectivity index (χ1) is 10.4. The average molecular weight is 374 g/mol. The Hall–Kier alpha value is -1.47. The lowest BCUT2D eigenvalue weighted by Gasteiger charge is -2.32. The van der Waals surface area contributed by atoms with Crippen molar-refractivity contribution < 1.29 is 23.8 Å². The average Bonchev–Trinajstić information content (AvgIpc) is 2.50. The summed E-state index contributed by atoms with van der Waals surface area (Å²) in [5.41, 5.74) is 0.845. The summed E-state index contributed by atoms with van der Waals surface area (Å²) >= 11 is 3.12. The summed E-state index contributed by atoms with van der Waals surface area (Å²) in [7, 11) is 0. The van der Waals surface area contributed by atoms with Crippen molar-refractivity contribution in [2.75, 3.05) is 19.7 Å². The van der Waals surface area contributed by atoms with E-state index in [0.717, 1.165) is 5.56 Å². The molecule has 120 valence electrons. The molecular weight excluding hydrogens is 357 g/mol. The number of hydrogen-bond acceptors (Lipinski definition) is 3. The van der Waals surface area contributed by atoms with Gasteiger partial charge in [-0.15, -0.1) is 0 Å². The number of morpholine rings is 1. The quantitative estimate of drug-likeness (QED) is 0.877. The lowest BCUT2D eigenvalue weighted by molar-refractivity contribution is -0.160. The van der Waals surface area contributed by atoms with Crippen molar-refractivity contribution in [3.8, 4) is 0 Å². The van der Waals surface area contributed by atoms with Gasteiger partial charge in [-0.3, -0.25) is 4.79 Å². The molecule has 0 radical (unpaired) electrons. The Kier molecular flexibility index (Phi) is 5.52. The molecule has 1 aliphatic rings. The van der Waals surface area contributed by atoms with E-state index < -0.39 is 12.1 Å². The number of hydrogen-bond donors (Lipinski definition) is 1. The van der Waals surface area contributed by atoms with Crippen LogP contribution >= 0.6 is 15.9 Å². The monoisotopic (exact) mass is 373 g/mol. The minimum Gasteiger partial charge on any atom is -0.479 e. The van der Waals surface area contributed by atoms with E-state index in [0.29, 0.717) is 17.4 Å². The number of carbonyl (C=O) groups is 2. The predicted octanol–water partition coefficient (Wildman–Crippen LogP) is 2.08. The molecule has 1 saturated heterocycles. The molecule has 5 nitrogen and oxygen atoms in total. The van der Waals surface area contributed by atoms with Gasteiger partial charge in [0.25, 0.3) is 0 Å². The van der Waals surface area contributed by atoms with Crippen molar-refractivity contribution >= 4 is 27.8 Å². The van der Waals surface area contributed by atoms with Crippen LogP contribution in [0, 0.1) is 11.7 Å². The van der Waals surface area contributed by atoms with Crippen LogP contribution in [0.3, 0.4) is 0 Å². The number of amides is 1. The third-order valence-corrected chi connectivity index (χ3v) is 4.21. The topological polar surface area (TPSA) is 66.8 Å². The van der Waals surface area contributed by atoms with Crippen LogP contribution < -0.4 is 0 Å². The maximum atomic E-state index is 13.2. The summed E-state index contributed by atoms with van der Waals surface area (Å²) in [5, 5.41) is 8.96. The number of carbonyl (C=O) groups excluding carboxylic acids is 1. The van der Waals surface area contributed by atoms with Gasteiger partial charge in [0.15, 0.2) is 6.10 Å². The molecule has 2 rings (SSSR count). The Morgan fingerprint density at radius 3 is 2.91 bits per heavy atom. The predicted molar refractivity (Wildman–Crippen MR) is 80.9 cm³/mol. The van der Waals surface area contributed by atoms with Crippen LogP contribution in [0.1, 0.15) is 12.5 Å². The smallest absolute Gasteiger partial charge is 0.334 e. The van der Waals surface area contributed by atoms with Gasteiger partial charge in [-0.1, -0.05) is 13.0 Å². The second-order valence-electron chi connectivity index (χ2n) is 5.34. The number of rotatable bonds is 4. The molecule has 1 aromatic rings. The molecule has 2 atom stereocenters. The molecule has 1 aromatic carbocycles. The Morgan fingerprint density at radius 2 is 2.27 bits per heavy atom. The second kappa shape index (κ2) is 7.19. The third kappa shape index (κ3) is 4.04. The van der Waals surface area contributed by atoms with E-state index in [1.165, 1.54) is 11.0 Å². The van der Waals surface area contributed by atoms with Crippen LogP contribution in [-0.2, 0) is 20.7 Å². The minimum absolute atomic E-state index is 0.0611. The van der Waals surface area contributed by atoms with Gasteiger partial charge in [0.2, 0.25) is 5.91 Å². The molecule has 7 heteroatoms. The molecule has 2 unspecified atom stereocenters. The van der Waals surface area contributed by atoms with E-state index in [4.69, 9.17) is 9.84 Å². The van der Waals surface area contributed by atoms with Crippen molar-refractivity contribution in [3.63, 3.8) is 0 Å². The third-order valence-electron chi connectivity index (χ3n) is 3.60. The molecule has 1 fully saturated rings. The molecule has 1 heterocycles. The highest BCUT2D eigenvalue weighted by Crippen LogP contribution is 2.20. The summed E-state index contributed by atoms with van der Waals surface area (Å²) in [6.07, 6.45) is -0.503. The van der Waals surface area contributed by atoms with Crippen LogP contribution in [-0.4, -0.2) is 47.7 Å². The van der Waals surface area contributed by atoms with E-state index in [9.17, 15) is 14.0 Å². The molecule has 0 spiro atoms. The standard InChI is InChI=1S/C15H17BrFNO4/c1-9(6-10-2-3-12(17)11(16)7-10)14(19)18-4-5-22-13(8-18)15(20)21/h2-3,7,9,13H,4-6,8H2,1H3,(H,20,21). The number of ether oxygens (including phenoxy) is 1. The summed E-state index contributed by atoms with van der Waals surface area (Å²) in [6, 6.07) is 4.65. The zero-order chi connectivity index (χ0) is 16.3. The molecule has 22 heavy (non-hydrogen) atoms. The summed E-state index contributed by atoms with van der Waals surface area (Å²) in [5.74, 6) is -1.84. The minimum atomic E-state index is -1.06. The Bertz CT molecular complexity index is 581. The van der Waals surface area contributed by atoms with Gasteiger partial charge in [-0.25, -0.2) is 9.18 Å². The van der Waals surface area contributed by atoms with Crippen LogP contribution in [0.25, 0.3) is 0 Å². The number of carboxylic acid groups (broad SMARTS) is 1. The first kappa shape index (κ1) is 16.9. The molecule has 0 bridgehead atoms. The van der Waals surface area contributed by atoms with Gasteiger partial charge in [0.05, 0.1) is 17.6 Å². The molecule has 1 N–H and O–H groups in total. The highest BCUT2D eigenvalue weighted by molar-refractivity contribution is 9.10. The second-order valence-corrected chi connectivity index (χ2v) is 6.19. The maximum Gasteiger partial charge on any atom is 0.334 e. The number of carboxylic acids is 1. The molecule has 1 aliphatic heterocycles. The van der Waals surface area contributed by atoms with Gasteiger partial charge in [-0.2, -0.15) is 0 Å². The number of aliphatic carboxylic acids is 1. The Labute approximate surface area is 136 Å². The fourth-order valence-corrected chi connectivity index (χ4v) is 2.84. The zero-order valence-corrected chi connectivity index (χ0v) is 13.7. The SMILES string of the molecule is CC(Cc1ccc(F)c(Br)c1)C(=O)N1CCOC(C(=O)O)C1. The first-order valence-corrected chi connectivity index (χ1v) is 7.75. The number of nitrogens with zero attached hydrogens (tertiary/aromatic N) is 1. The molecule has 0 aromatic heterocycles. The van der Waals surface area contributed by atoms with E-state index in [-0.39, 0.29) is 30.8 Å². The Morgan fingerprint density at radius 1 is 1.55 bits per heavy atom. The van der Waals surface area contributed by atoms with Gasteiger partial charge in [-0.05, 0) is 40.0 Å². The highest BCUT2D eigenvalue weighted by atomic mass is 79.9. The Balaban J connectivity index is 1.99. The van der Waals surface area contributed by atoms with Gasteiger partial charge in [0.1, 0.15) is 5.82 Å². The highest BCUT2D eigenvalue weighted by Gasteiger charge is 2.30. The van der Waals surface area contributed by atoms with E-state index >= 15 is 0 Å². The number of benzene rings is 1. The van der Waals surface area contributed by atoms with Gasteiger partial charge < -0.3 is 14.7 Å². The number of halogens is 2. The fraction of sp³-hybridized carbons (Fsp3) is 0.467. The normalized spacial score (nSPS) is 19.8. The van der Waals surface area contributed by atoms with E-state index in [1.807, 2.05) is 0 Å².